The van der Waals surface area contributed by atoms with E-state index in [1.54, 1.807) is 0 Å². The summed E-state index contributed by atoms with van der Waals surface area (Å²) in [7, 11) is -2.93. The maximum absolute atomic E-state index is 4.88. The van der Waals surface area contributed by atoms with E-state index in [9.17, 15) is 0 Å². The van der Waals surface area contributed by atoms with Crippen molar-refractivity contribution in [1.29, 1.82) is 0 Å². The van der Waals surface area contributed by atoms with E-state index in [0.717, 1.165) is 33.2 Å². The standard InChI is InChI=1S/C22H24N2Si2/c1-25(2,3)15-13-17-11-12-18(14-16-26(4,5)6)22-21(17)23-19-9-7-8-10-20(19)24-22/h7-12H,1-6H3. The zero-order valence-electron chi connectivity index (χ0n) is 16.4. The van der Waals surface area contributed by atoms with Crippen LogP contribution in [0.15, 0.2) is 36.4 Å². The van der Waals surface area contributed by atoms with Crippen molar-refractivity contribution in [2.75, 3.05) is 0 Å². The minimum absolute atomic E-state index is 0.858. The van der Waals surface area contributed by atoms with Gasteiger partial charge in [0.15, 0.2) is 0 Å². The van der Waals surface area contributed by atoms with Crippen LogP contribution in [0.2, 0.25) is 39.3 Å². The first-order chi connectivity index (χ1) is 12.1. The lowest BCUT2D eigenvalue weighted by Crippen LogP contribution is -2.16. The van der Waals surface area contributed by atoms with Crippen molar-refractivity contribution >= 4 is 38.2 Å². The van der Waals surface area contributed by atoms with Gasteiger partial charge >= 0.3 is 0 Å². The Morgan fingerprint density at radius 1 is 0.615 bits per heavy atom. The van der Waals surface area contributed by atoms with Crippen LogP contribution in [0.25, 0.3) is 22.1 Å². The van der Waals surface area contributed by atoms with Gasteiger partial charge in [-0.25, -0.2) is 9.97 Å². The Kier molecular flexibility index (Phi) is 4.75. The van der Waals surface area contributed by atoms with Crippen molar-refractivity contribution in [3.8, 4) is 22.9 Å². The van der Waals surface area contributed by atoms with E-state index in [1.165, 1.54) is 0 Å². The topological polar surface area (TPSA) is 25.8 Å². The van der Waals surface area contributed by atoms with Crippen molar-refractivity contribution in [3.63, 3.8) is 0 Å². The number of fused-ring (bicyclic) bond motifs is 2. The van der Waals surface area contributed by atoms with Gasteiger partial charge in [0.2, 0.25) is 0 Å². The van der Waals surface area contributed by atoms with E-state index in [-0.39, 0.29) is 0 Å². The minimum Gasteiger partial charge on any atom is -0.243 e. The molecule has 0 saturated heterocycles. The zero-order valence-corrected chi connectivity index (χ0v) is 18.4. The Morgan fingerprint density at radius 3 is 1.35 bits per heavy atom. The Hall–Kier alpha value is -2.41. The van der Waals surface area contributed by atoms with Gasteiger partial charge in [-0.05, 0) is 24.3 Å². The van der Waals surface area contributed by atoms with Crippen LogP contribution in [0.5, 0.6) is 0 Å². The van der Waals surface area contributed by atoms with Gasteiger partial charge in [-0.2, -0.15) is 0 Å². The average molecular weight is 373 g/mol. The van der Waals surface area contributed by atoms with Crippen LogP contribution in [0.1, 0.15) is 11.1 Å². The molecule has 0 unspecified atom stereocenters. The first kappa shape index (κ1) is 18.4. The molecule has 1 heterocycles. The number of aromatic nitrogens is 2. The molecule has 0 saturated carbocycles. The quantitative estimate of drug-likeness (QED) is 0.306. The normalized spacial score (nSPS) is 11.6. The van der Waals surface area contributed by atoms with Crippen LogP contribution in [0.4, 0.5) is 0 Å². The molecular formula is C22H24N2Si2. The van der Waals surface area contributed by atoms with Gasteiger partial charge in [0.25, 0.3) is 0 Å². The summed E-state index contributed by atoms with van der Waals surface area (Å²) in [4.78, 5) is 9.75. The Morgan fingerprint density at radius 2 is 1.00 bits per heavy atom. The lowest BCUT2D eigenvalue weighted by molar-refractivity contribution is 1.38. The highest BCUT2D eigenvalue weighted by Crippen LogP contribution is 2.22. The van der Waals surface area contributed by atoms with Gasteiger partial charge in [0.1, 0.15) is 27.2 Å². The molecule has 2 aromatic carbocycles. The van der Waals surface area contributed by atoms with Gasteiger partial charge in [0.05, 0.1) is 22.2 Å². The van der Waals surface area contributed by atoms with E-state index in [1.807, 2.05) is 36.4 Å². The second-order valence-corrected chi connectivity index (χ2v) is 18.1. The highest BCUT2D eigenvalue weighted by molar-refractivity contribution is 6.84. The van der Waals surface area contributed by atoms with Crippen molar-refractivity contribution in [3.05, 3.63) is 47.5 Å². The molecule has 0 aliphatic heterocycles. The second-order valence-electron chi connectivity index (χ2n) is 8.57. The molecule has 0 N–H and O–H groups in total. The van der Waals surface area contributed by atoms with E-state index < -0.39 is 16.1 Å². The maximum Gasteiger partial charge on any atom is 0.129 e. The van der Waals surface area contributed by atoms with E-state index >= 15 is 0 Å². The Balaban J connectivity index is 2.32. The predicted octanol–water partition coefficient (Wildman–Crippen LogP) is 5.24. The van der Waals surface area contributed by atoms with Crippen LogP contribution in [-0.2, 0) is 0 Å². The summed E-state index contributed by atoms with van der Waals surface area (Å²) in [5.41, 5.74) is 12.3. The molecule has 3 rings (SSSR count). The summed E-state index contributed by atoms with van der Waals surface area (Å²) >= 11 is 0. The molecule has 130 valence electrons. The molecule has 0 radical (unpaired) electrons. The summed E-state index contributed by atoms with van der Waals surface area (Å²) in [6.45, 7) is 13.5. The molecule has 0 bridgehead atoms. The average Bonchev–Trinajstić information content (AvgIpc) is 2.55. The van der Waals surface area contributed by atoms with Gasteiger partial charge < -0.3 is 0 Å². The Labute approximate surface area is 158 Å². The molecule has 1 aromatic heterocycles. The van der Waals surface area contributed by atoms with E-state index in [2.05, 4.69) is 62.2 Å². The number of benzene rings is 2. The molecule has 0 fully saturated rings. The van der Waals surface area contributed by atoms with Gasteiger partial charge in [-0.1, -0.05) is 63.3 Å². The predicted molar refractivity (Wildman–Crippen MR) is 117 cm³/mol. The van der Waals surface area contributed by atoms with Gasteiger partial charge in [-0.3, -0.25) is 0 Å². The lowest BCUT2D eigenvalue weighted by atomic mass is 10.1. The smallest absolute Gasteiger partial charge is 0.129 e. The first-order valence-corrected chi connectivity index (χ1v) is 15.9. The van der Waals surface area contributed by atoms with Crippen molar-refractivity contribution < 1.29 is 0 Å². The fourth-order valence-corrected chi connectivity index (χ4v) is 3.43. The molecule has 0 aliphatic carbocycles. The summed E-state index contributed by atoms with van der Waals surface area (Å²) in [5, 5.41) is 0. The summed E-state index contributed by atoms with van der Waals surface area (Å²) < 4.78 is 0. The number of hydrogen-bond acceptors (Lipinski definition) is 2. The first-order valence-electron chi connectivity index (χ1n) is 8.88. The molecule has 0 atom stereocenters. The van der Waals surface area contributed by atoms with Crippen LogP contribution >= 0.6 is 0 Å². The zero-order chi connectivity index (χ0) is 18.9. The fourth-order valence-electron chi connectivity index (χ4n) is 2.41. The third kappa shape index (κ3) is 4.41. The largest absolute Gasteiger partial charge is 0.243 e. The highest BCUT2D eigenvalue weighted by Gasteiger charge is 2.12. The number of hydrogen-bond donors (Lipinski definition) is 0. The Bertz CT molecular complexity index is 1020. The molecule has 0 aliphatic rings. The number of rotatable bonds is 0. The lowest BCUT2D eigenvalue weighted by Gasteiger charge is -2.08. The number of nitrogens with zero attached hydrogens (tertiary/aromatic N) is 2. The van der Waals surface area contributed by atoms with Gasteiger partial charge in [0, 0.05) is 0 Å². The van der Waals surface area contributed by atoms with Crippen LogP contribution in [0, 0.1) is 22.9 Å². The minimum atomic E-state index is -1.47. The van der Waals surface area contributed by atoms with Gasteiger partial charge in [-0.15, -0.1) is 11.1 Å². The SMILES string of the molecule is C[Si](C)(C)C#Cc1ccc(C#C[Si](C)(C)C)c2nc3ccccc3nc12. The molecule has 2 nitrogen and oxygen atoms in total. The summed E-state index contributed by atoms with van der Waals surface area (Å²) in [5.74, 6) is 6.72. The van der Waals surface area contributed by atoms with Crippen molar-refractivity contribution in [1.82, 2.24) is 9.97 Å². The van der Waals surface area contributed by atoms with E-state index in [4.69, 9.17) is 9.97 Å². The summed E-state index contributed by atoms with van der Waals surface area (Å²) in [6, 6.07) is 12.1. The third-order valence-corrected chi connectivity index (χ3v) is 5.39. The fraction of sp³-hybridized carbons (Fsp3) is 0.273. The van der Waals surface area contributed by atoms with E-state index in [0.29, 0.717) is 0 Å². The maximum atomic E-state index is 4.88. The van der Waals surface area contributed by atoms with Crippen LogP contribution < -0.4 is 0 Å². The van der Waals surface area contributed by atoms with Crippen LogP contribution in [-0.4, -0.2) is 26.1 Å². The highest BCUT2D eigenvalue weighted by atomic mass is 28.3. The van der Waals surface area contributed by atoms with Crippen LogP contribution in [0.3, 0.4) is 0 Å². The summed E-state index contributed by atoms with van der Waals surface area (Å²) in [6.07, 6.45) is 0. The monoisotopic (exact) mass is 372 g/mol. The third-order valence-electron chi connectivity index (χ3n) is 3.64. The molecule has 3 aromatic rings. The number of para-hydroxylation sites is 2. The molecule has 4 heteroatoms. The molecule has 26 heavy (non-hydrogen) atoms. The molecular weight excluding hydrogens is 348 g/mol. The molecule has 0 amide bonds. The molecule has 0 spiro atoms. The van der Waals surface area contributed by atoms with Crippen molar-refractivity contribution in [2.24, 2.45) is 0 Å². The second kappa shape index (κ2) is 6.72. The van der Waals surface area contributed by atoms with Crippen molar-refractivity contribution in [2.45, 2.75) is 39.3 Å².